The van der Waals surface area contributed by atoms with Gasteiger partial charge >= 0.3 is 0 Å². The molecule has 0 radical (unpaired) electrons. The van der Waals surface area contributed by atoms with Crippen molar-refractivity contribution in [2.75, 3.05) is 45.1 Å². The van der Waals surface area contributed by atoms with Crippen LogP contribution in [0, 0.1) is 11.3 Å². The molecule has 0 aromatic heterocycles. The van der Waals surface area contributed by atoms with Crippen LogP contribution in [0.5, 0.6) is 5.75 Å². The van der Waals surface area contributed by atoms with E-state index >= 15 is 0 Å². The maximum absolute atomic E-state index is 12.0. The lowest BCUT2D eigenvalue weighted by atomic mass is 10.1. The molecular weight excluding hydrogens is 438 g/mol. The summed E-state index contributed by atoms with van der Waals surface area (Å²) in [5, 5.41) is 22.0. The molecule has 2 N–H and O–H groups in total. The van der Waals surface area contributed by atoms with E-state index in [0.717, 1.165) is 38.2 Å². The lowest BCUT2D eigenvalue weighted by Gasteiger charge is -2.33. The number of rotatable bonds is 9. The SMILES string of the molecule is N#Cc1cc(Cl)cc(CCN2CCNC(COc3ccc(S(=O)(=O)CCO)cc3)C2)c1. The molecular formula is C22H26ClN3O4S. The first kappa shape index (κ1) is 23.5. The van der Waals surface area contributed by atoms with Gasteiger partial charge in [-0.15, -0.1) is 0 Å². The quantitative estimate of drug-likeness (QED) is 0.585. The summed E-state index contributed by atoms with van der Waals surface area (Å²) in [7, 11) is -3.46. The number of ether oxygens (including phenoxy) is 1. The minimum absolute atomic E-state index is 0.153. The topological polar surface area (TPSA) is 103 Å². The third kappa shape index (κ3) is 6.92. The summed E-state index contributed by atoms with van der Waals surface area (Å²) in [6.07, 6.45) is 0.812. The average Bonchev–Trinajstić information content (AvgIpc) is 2.76. The van der Waals surface area contributed by atoms with Gasteiger partial charge in [-0.25, -0.2) is 8.42 Å². The fourth-order valence-electron chi connectivity index (χ4n) is 3.53. The maximum Gasteiger partial charge on any atom is 0.180 e. The Balaban J connectivity index is 1.49. The van der Waals surface area contributed by atoms with Crippen molar-refractivity contribution in [3.63, 3.8) is 0 Å². The molecule has 0 bridgehead atoms. The number of nitrogens with zero attached hydrogens (tertiary/aromatic N) is 2. The van der Waals surface area contributed by atoms with Gasteiger partial charge in [0.2, 0.25) is 0 Å². The number of nitrogens with one attached hydrogen (secondary N) is 1. The second kappa shape index (κ2) is 10.9. The second-order valence-corrected chi connectivity index (χ2v) is 10.0. The molecule has 0 amide bonds. The monoisotopic (exact) mass is 463 g/mol. The molecule has 1 atom stereocenters. The van der Waals surface area contributed by atoms with Gasteiger partial charge in [-0.05, 0) is 54.4 Å². The van der Waals surface area contributed by atoms with Gasteiger partial charge in [0.15, 0.2) is 9.84 Å². The fourth-order valence-corrected chi connectivity index (χ4v) is 4.82. The molecule has 1 unspecified atom stereocenters. The second-order valence-electron chi connectivity index (χ2n) is 7.49. The Hall–Kier alpha value is -2.15. The Labute approximate surface area is 188 Å². The normalized spacial score (nSPS) is 17.3. The number of hydrogen-bond acceptors (Lipinski definition) is 7. The fraction of sp³-hybridized carbons (Fsp3) is 0.409. The van der Waals surface area contributed by atoms with Gasteiger partial charge < -0.3 is 20.1 Å². The summed E-state index contributed by atoms with van der Waals surface area (Å²) in [5.74, 6) is 0.312. The van der Waals surface area contributed by atoms with Crippen LogP contribution in [0.2, 0.25) is 5.02 Å². The van der Waals surface area contributed by atoms with Gasteiger partial charge in [0.25, 0.3) is 0 Å². The van der Waals surface area contributed by atoms with Crippen molar-refractivity contribution in [3.05, 3.63) is 58.6 Å². The molecule has 0 aliphatic carbocycles. The van der Waals surface area contributed by atoms with E-state index in [1.54, 1.807) is 18.2 Å². The van der Waals surface area contributed by atoms with Gasteiger partial charge in [-0.1, -0.05) is 11.6 Å². The van der Waals surface area contributed by atoms with Gasteiger partial charge in [0.1, 0.15) is 12.4 Å². The third-order valence-electron chi connectivity index (χ3n) is 5.14. The van der Waals surface area contributed by atoms with E-state index in [2.05, 4.69) is 16.3 Å². The van der Waals surface area contributed by atoms with Crippen molar-refractivity contribution in [1.82, 2.24) is 10.2 Å². The van der Waals surface area contributed by atoms with Crippen LogP contribution in [0.3, 0.4) is 0 Å². The summed E-state index contributed by atoms with van der Waals surface area (Å²) in [5.41, 5.74) is 1.62. The van der Waals surface area contributed by atoms with E-state index in [4.69, 9.17) is 26.7 Å². The molecule has 1 aliphatic rings. The molecule has 0 saturated carbocycles. The molecule has 9 heteroatoms. The summed E-state index contributed by atoms with van der Waals surface area (Å²) >= 11 is 6.09. The van der Waals surface area contributed by atoms with Gasteiger partial charge in [-0.2, -0.15) is 5.26 Å². The smallest absolute Gasteiger partial charge is 0.180 e. The predicted octanol–water partition coefficient (Wildman–Crippen LogP) is 1.87. The van der Waals surface area contributed by atoms with Gasteiger partial charge in [-0.3, -0.25) is 0 Å². The molecule has 2 aromatic rings. The molecule has 1 fully saturated rings. The first-order valence-corrected chi connectivity index (χ1v) is 12.1. The number of aliphatic hydroxyl groups excluding tert-OH is 1. The molecule has 7 nitrogen and oxygen atoms in total. The highest BCUT2D eigenvalue weighted by Crippen LogP contribution is 2.18. The van der Waals surface area contributed by atoms with Crippen LogP contribution in [0.25, 0.3) is 0 Å². The van der Waals surface area contributed by atoms with Crippen LogP contribution in [0.1, 0.15) is 11.1 Å². The summed E-state index contributed by atoms with van der Waals surface area (Å²) in [6, 6.07) is 14.0. The molecule has 0 spiro atoms. The lowest BCUT2D eigenvalue weighted by molar-refractivity contribution is 0.159. The largest absolute Gasteiger partial charge is 0.492 e. The van der Waals surface area contributed by atoms with Crippen LogP contribution in [-0.4, -0.2) is 69.6 Å². The van der Waals surface area contributed by atoms with E-state index < -0.39 is 16.4 Å². The van der Waals surface area contributed by atoms with Crippen molar-refractivity contribution in [2.45, 2.75) is 17.4 Å². The predicted molar refractivity (Wildman–Crippen MR) is 119 cm³/mol. The van der Waals surface area contributed by atoms with Crippen molar-refractivity contribution in [3.8, 4) is 11.8 Å². The summed E-state index contributed by atoms with van der Waals surface area (Å²) in [4.78, 5) is 2.53. The van der Waals surface area contributed by atoms with Crippen LogP contribution >= 0.6 is 11.6 Å². The molecule has 1 aliphatic heterocycles. The first-order chi connectivity index (χ1) is 14.9. The zero-order valence-corrected chi connectivity index (χ0v) is 18.7. The Morgan fingerprint density at radius 1 is 1.26 bits per heavy atom. The number of halogens is 1. The van der Waals surface area contributed by atoms with Crippen molar-refractivity contribution in [2.24, 2.45) is 0 Å². The number of aliphatic hydroxyl groups is 1. The molecule has 1 heterocycles. The molecule has 2 aromatic carbocycles. The lowest BCUT2D eigenvalue weighted by Crippen LogP contribution is -2.53. The standard InChI is InChI=1S/C22H26ClN3O4S/c23-19-12-17(11-18(13-19)14-24)5-7-26-8-6-25-20(15-26)16-30-21-1-3-22(4-2-21)31(28,29)10-9-27/h1-4,11-13,20,25,27H,5-10,15-16H2. The summed E-state index contributed by atoms with van der Waals surface area (Å²) < 4.78 is 29.8. The van der Waals surface area contributed by atoms with Crippen LogP contribution in [-0.2, 0) is 16.3 Å². The van der Waals surface area contributed by atoms with Gasteiger partial charge in [0, 0.05) is 31.2 Å². The van der Waals surface area contributed by atoms with E-state index in [9.17, 15) is 8.42 Å². The zero-order chi connectivity index (χ0) is 22.3. The van der Waals surface area contributed by atoms with Crippen LogP contribution < -0.4 is 10.1 Å². The Morgan fingerprint density at radius 3 is 2.74 bits per heavy atom. The van der Waals surface area contributed by atoms with Crippen molar-refractivity contribution >= 4 is 21.4 Å². The Morgan fingerprint density at radius 2 is 2.03 bits per heavy atom. The number of benzene rings is 2. The molecule has 166 valence electrons. The minimum atomic E-state index is -3.46. The highest BCUT2D eigenvalue weighted by atomic mass is 35.5. The van der Waals surface area contributed by atoms with E-state index in [1.807, 2.05) is 12.1 Å². The van der Waals surface area contributed by atoms with Crippen LogP contribution in [0.15, 0.2) is 47.4 Å². The van der Waals surface area contributed by atoms with E-state index in [-0.39, 0.29) is 16.7 Å². The molecule has 1 saturated heterocycles. The highest BCUT2D eigenvalue weighted by Gasteiger charge is 2.20. The third-order valence-corrected chi connectivity index (χ3v) is 7.07. The maximum atomic E-state index is 12.0. The molecule has 31 heavy (non-hydrogen) atoms. The first-order valence-electron chi connectivity index (χ1n) is 10.1. The number of nitriles is 1. The molecule has 3 rings (SSSR count). The summed E-state index contributed by atoms with van der Waals surface area (Å²) in [6.45, 7) is 3.54. The van der Waals surface area contributed by atoms with Gasteiger partial charge in [0.05, 0.1) is 34.9 Å². The van der Waals surface area contributed by atoms with Crippen LogP contribution in [0.4, 0.5) is 0 Å². The Bertz CT molecular complexity index is 1020. The zero-order valence-electron chi connectivity index (χ0n) is 17.1. The van der Waals surface area contributed by atoms with E-state index in [0.29, 0.717) is 22.9 Å². The minimum Gasteiger partial charge on any atom is -0.492 e. The highest BCUT2D eigenvalue weighted by molar-refractivity contribution is 7.91. The Kier molecular flexibility index (Phi) is 8.29. The van der Waals surface area contributed by atoms with E-state index in [1.165, 1.54) is 12.1 Å². The van der Waals surface area contributed by atoms with Crippen molar-refractivity contribution in [1.29, 1.82) is 5.26 Å². The number of piperazine rings is 1. The number of hydrogen-bond donors (Lipinski definition) is 2. The number of sulfone groups is 1. The average molecular weight is 464 g/mol. The van der Waals surface area contributed by atoms with Crippen molar-refractivity contribution < 1.29 is 18.3 Å².